The van der Waals surface area contributed by atoms with Crippen LogP contribution >= 0.6 is 34.5 Å². The van der Waals surface area contributed by atoms with E-state index in [1.165, 1.54) is 15.7 Å². The lowest BCUT2D eigenvalue weighted by molar-refractivity contribution is -0.126. The van der Waals surface area contributed by atoms with Crippen molar-refractivity contribution in [2.45, 2.75) is 13.0 Å². The highest BCUT2D eigenvalue weighted by Gasteiger charge is 2.30. The van der Waals surface area contributed by atoms with Crippen LogP contribution < -0.4 is 14.8 Å². The van der Waals surface area contributed by atoms with Gasteiger partial charge in [-0.1, -0.05) is 114 Å². The lowest BCUT2D eigenvalue weighted by atomic mass is 9.96. The Hall–Kier alpha value is -4.45. The molecule has 9 heteroatoms. The third kappa shape index (κ3) is 6.57. The van der Waals surface area contributed by atoms with E-state index >= 15 is 0 Å². The number of carbonyl (C=O) groups excluding carboxylic acids is 1. The van der Waals surface area contributed by atoms with Crippen molar-refractivity contribution in [2.75, 3.05) is 26.2 Å². The van der Waals surface area contributed by atoms with Crippen LogP contribution in [-0.2, 0) is 4.79 Å². The first-order chi connectivity index (χ1) is 22.3. The van der Waals surface area contributed by atoms with E-state index in [2.05, 4.69) is 35.2 Å². The van der Waals surface area contributed by atoms with E-state index in [1.807, 2.05) is 67.6 Å². The van der Waals surface area contributed by atoms with Crippen LogP contribution in [0.15, 0.2) is 108 Å². The van der Waals surface area contributed by atoms with Gasteiger partial charge in [-0.2, -0.15) is 5.26 Å². The Labute approximate surface area is 281 Å². The van der Waals surface area contributed by atoms with E-state index in [0.717, 1.165) is 22.5 Å². The second kappa shape index (κ2) is 13.9. The molecule has 0 saturated carbocycles. The van der Waals surface area contributed by atoms with E-state index in [-0.39, 0.29) is 26.9 Å². The van der Waals surface area contributed by atoms with Gasteiger partial charge in [0.15, 0.2) is 5.57 Å². The van der Waals surface area contributed by atoms with Crippen molar-refractivity contribution in [1.29, 1.82) is 5.26 Å². The molecule has 2 heterocycles. The fraction of sp³-hybridized carbons (Fsp3) is 0.162. The summed E-state index contributed by atoms with van der Waals surface area (Å²) in [5.41, 5.74) is 4.24. The van der Waals surface area contributed by atoms with Crippen LogP contribution in [-0.4, -0.2) is 46.5 Å². The van der Waals surface area contributed by atoms with Gasteiger partial charge in [0, 0.05) is 26.2 Å². The molecular weight excluding hydrogens is 635 g/mol. The molecule has 4 aromatic carbocycles. The molecule has 230 valence electrons. The summed E-state index contributed by atoms with van der Waals surface area (Å²) in [6, 6.07) is 35.5. The summed E-state index contributed by atoms with van der Waals surface area (Å²) in [6.45, 7) is 4.09. The second-order valence-electron chi connectivity index (χ2n) is 11.1. The number of carbonyl (C=O) groups is 1. The average Bonchev–Trinajstić information content (AvgIpc) is 3.38. The molecule has 0 bridgehead atoms. The number of thiazole rings is 1. The number of hydrogen-bond acceptors (Lipinski definition) is 5. The van der Waals surface area contributed by atoms with Crippen molar-refractivity contribution in [1.82, 2.24) is 14.4 Å². The first-order valence-electron chi connectivity index (χ1n) is 14.9. The average molecular weight is 666 g/mol. The number of aromatic nitrogens is 1. The number of nitrogens with zero attached hydrogens (tertiary/aromatic N) is 4. The number of piperazine rings is 1. The Balaban J connectivity index is 1.38. The molecule has 46 heavy (non-hydrogen) atoms. The molecule has 5 aromatic rings. The van der Waals surface area contributed by atoms with Crippen molar-refractivity contribution in [2.24, 2.45) is 0 Å². The van der Waals surface area contributed by atoms with Crippen LogP contribution in [0.25, 0.3) is 17.3 Å². The summed E-state index contributed by atoms with van der Waals surface area (Å²) in [5, 5.41) is 11.0. The highest BCUT2D eigenvalue weighted by Crippen LogP contribution is 2.30. The Morgan fingerprint density at radius 3 is 2.09 bits per heavy atom. The normalized spacial score (nSPS) is 14.8. The molecule has 0 radical (unpaired) electrons. The molecule has 1 saturated heterocycles. The molecule has 1 aliphatic rings. The Bertz CT molecular complexity index is 2070. The molecule has 6 nitrogen and oxygen atoms in total. The largest absolute Gasteiger partial charge is 0.335 e. The minimum Gasteiger partial charge on any atom is -0.335 e. The summed E-state index contributed by atoms with van der Waals surface area (Å²) in [6.07, 6.45) is 1.78. The van der Waals surface area contributed by atoms with Gasteiger partial charge in [0.1, 0.15) is 10.7 Å². The molecule has 1 fully saturated rings. The molecule has 6 rings (SSSR count). The predicted octanol–water partition coefficient (Wildman–Crippen LogP) is 5.95. The Morgan fingerprint density at radius 2 is 1.50 bits per heavy atom. The Kier molecular flexibility index (Phi) is 9.53. The van der Waals surface area contributed by atoms with Crippen molar-refractivity contribution < 1.29 is 4.79 Å². The van der Waals surface area contributed by atoms with Gasteiger partial charge in [0.2, 0.25) is 0 Å². The number of hydrogen-bond donors (Lipinski definition) is 0. The lowest BCUT2D eigenvalue weighted by Gasteiger charge is -2.39. The monoisotopic (exact) mass is 664 g/mol. The standard InChI is InChI=1S/C37H30Cl2N4O2S/c1-25-9-8-10-26(21-25)22-33-36(45)43(29-15-16-31(38)32(39)23-29)37(46-33)30(24-40)35(44)42-19-17-41(18-20-42)34(27-11-4-2-5-12-27)28-13-6-3-7-14-28/h2-16,21-23,34H,17-20H2,1H3/b33-22-,37-30-. The maximum absolute atomic E-state index is 14.1. The summed E-state index contributed by atoms with van der Waals surface area (Å²) in [7, 11) is 0. The van der Waals surface area contributed by atoms with Gasteiger partial charge in [0.05, 0.1) is 26.3 Å². The van der Waals surface area contributed by atoms with Crippen LogP contribution in [0, 0.1) is 18.3 Å². The van der Waals surface area contributed by atoms with Gasteiger partial charge in [-0.05, 0) is 47.9 Å². The maximum atomic E-state index is 14.1. The number of halogens is 2. The topological polar surface area (TPSA) is 69.3 Å². The number of benzene rings is 4. The first kappa shape index (κ1) is 31.5. The summed E-state index contributed by atoms with van der Waals surface area (Å²) >= 11 is 13.6. The quantitative estimate of drug-likeness (QED) is 0.225. The van der Waals surface area contributed by atoms with Gasteiger partial charge in [0.25, 0.3) is 11.5 Å². The number of nitriles is 1. The molecule has 0 spiro atoms. The van der Waals surface area contributed by atoms with Crippen molar-refractivity contribution in [3.05, 3.63) is 155 Å². The number of rotatable bonds is 6. The third-order valence-corrected chi connectivity index (χ3v) is 9.89. The molecule has 0 atom stereocenters. The summed E-state index contributed by atoms with van der Waals surface area (Å²) < 4.78 is 2.04. The minimum absolute atomic E-state index is 0.0379. The smallest absolute Gasteiger partial charge is 0.273 e. The maximum Gasteiger partial charge on any atom is 0.273 e. The van der Waals surface area contributed by atoms with Gasteiger partial charge in [-0.15, -0.1) is 11.3 Å². The van der Waals surface area contributed by atoms with E-state index in [9.17, 15) is 14.9 Å². The first-order valence-corrected chi connectivity index (χ1v) is 16.4. The van der Waals surface area contributed by atoms with Crippen molar-refractivity contribution in [3.8, 4) is 11.8 Å². The van der Waals surface area contributed by atoms with E-state index < -0.39 is 5.91 Å². The highest BCUT2D eigenvalue weighted by atomic mass is 35.5. The summed E-state index contributed by atoms with van der Waals surface area (Å²) in [5.74, 6) is -0.407. The van der Waals surface area contributed by atoms with Gasteiger partial charge in [-0.25, -0.2) is 0 Å². The number of amides is 1. The second-order valence-corrected chi connectivity index (χ2v) is 13.0. The molecule has 1 aliphatic heterocycles. The molecule has 1 aromatic heterocycles. The zero-order valence-corrected chi connectivity index (χ0v) is 27.4. The highest BCUT2D eigenvalue weighted by molar-refractivity contribution is 7.07. The predicted molar refractivity (Wildman–Crippen MR) is 186 cm³/mol. The molecule has 0 N–H and O–H groups in total. The fourth-order valence-electron chi connectivity index (χ4n) is 5.83. The Morgan fingerprint density at radius 1 is 0.848 bits per heavy atom. The molecular formula is C37H30Cl2N4O2S. The van der Waals surface area contributed by atoms with Crippen molar-refractivity contribution >= 4 is 52.1 Å². The van der Waals surface area contributed by atoms with E-state index in [1.54, 1.807) is 29.2 Å². The molecule has 1 amide bonds. The molecule has 0 unspecified atom stereocenters. The fourth-order valence-corrected chi connectivity index (χ4v) is 7.22. The number of aryl methyl sites for hydroxylation is 1. The zero-order chi connectivity index (χ0) is 32.2. The lowest BCUT2D eigenvalue weighted by Crippen LogP contribution is -2.50. The minimum atomic E-state index is -0.407. The van der Waals surface area contributed by atoms with Gasteiger partial charge in [-0.3, -0.25) is 19.1 Å². The van der Waals surface area contributed by atoms with Crippen LogP contribution in [0.5, 0.6) is 0 Å². The van der Waals surface area contributed by atoms with Crippen LogP contribution in [0.2, 0.25) is 10.0 Å². The zero-order valence-electron chi connectivity index (χ0n) is 25.1. The van der Waals surface area contributed by atoms with Crippen LogP contribution in [0.1, 0.15) is 28.3 Å². The summed E-state index contributed by atoms with van der Waals surface area (Å²) in [4.78, 5) is 32.0. The third-order valence-electron chi connectivity index (χ3n) is 8.06. The van der Waals surface area contributed by atoms with Crippen LogP contribution in [0.4, 0.5) is 0 Å². The van der Waals surface area contributed by atoms with Gasteiger partial charge < -0.3 is 4.90 Å². The van der Waals surface area contributed by atoms with E-state index in [0.29, 0.717) is 41.4 Å². The molecule has 0 aliphatic carbocycles. The van der Waals surface area contributed by atoms with Gasteiger partial charge >= 0.3 is 0 Å². The SMILES string of the molecule is Cc1cccc(/C=c2\s/c(=C(/C#N)C(=O)N3CCN(C(c4ccccc4)c4ccccc4)CC3)n(-c3ccc(Cl)c(Cl)c3)c2=O)c1. The van der Waals surface area contributed by atoms with Crippen molar-refractivity contribution in [3.63, 3.8) is 0 Å². The van der Waals surface area contributed by atoms with E-state index in [4.69, 9.17) is 23.2 Å². The van der Waals surface area contributed by atoms with Crippen LogP contribution in [0.3, 0.4) is 0 Å².